The third-order valence-electron chi connectivity index (χ3n) is 2.48. The van der Waals surface area contributed by atoms with Crippen LogP contribution in [-0.2, 0) is 9.78 Å². The van der Waals surface area contributed by atoms with Gasteiger partial charge in [-0.25, -0.2) is 9.78 Å². The van der Waals surface area contributed by atoms with Crippen molar-refractivity contribution in [3.63, 3.8) is 0 Å². The smallest absolute Gasteiger partial charge is 0.0824 e. The molecule has 0 aromatic heterocycles. The summed E-state index contributed by atoms with van der Waals surface area (Å²) in [5.41, 5.74) is 0. The summed E-state index contributed by atoms with van der Waals surface area (Å²) in [6.45, 7) is 0.647. The first kappa shape index (κ1) is 9.96. The number of rotatable bonds is 4. The van der Waals surface area contributed by atoms with Gasteiger partial charge in [-0.1, -0.05) is 12.8 Å². The second kappa shape index (κ2) is 5.51. The molecule has 72 valence electrons. The summed E-state index contributed by atoms with van der Waals surface area (Å²) in [5, 5.41) is 9.36. The number of aliphatic hydroxyl groups excluding tert-OH is 1. The second-order valence-corrected chi connectivity index (χ2v) is 3.46. The molecule has 0 bridgehead atoms. The van der Waals surface area contributed by atoms with E-state index in [1.807, 2.05) is 0 Å². The summed E-state index contributed by atoms with van der Waals surface area (Å²) in [4.78, 5) is 9.29. The molecule has 1 aliphatic carbocycles. The average molecular weight is 174 g/mol. The van der Waals surface area contributed by atoms with Gasteiger partial charge in [0.15, 0.2) is 0 Å². The zero-order valence-electron chi connectivity index (χ0n) is 7.66. The maximum atomic E-state index is 9.36. The van der Waals surface area contributed by atoms with Gasteiger partial charge >= 0.3 is 0 Å². The highest BCUT2D eigenvalue weighted by Gasteiger charge is 2.19. The molecule has 2 atom stereocenters. The molecule has 1 fully saturated rings. The summed E-state index contributed by atoms with van der Waals surface area (Å²) in [6.07, 6.45) is 5.22. The predicted octanol–water partition coefficient (Wildman–Crippen LogP) is 1.51. The van der Waals surface area contributed by atoms with Crippen molar-refractivity contribution in [3.8, 4) is 0 Å². The van der Waals surface area contributed by atoms with Crippen LogP contribution in [-0.4, -0.2) is 24.9 Å². The van der Waals surface area contributed by atoms with E-state index in [2.05, 4.69) is 4.89 Å². The number of aliphatic hydroxyl groups is 1. The maximum Gasteiger partial charge on any atom is 0.0824 e. The predicted molar refractivity (Wildman–Crippen MR) is 45.5 cm³/mol. The van der Waals surface area contributed by atoms with E-state index in [9.17, 15) is 5.11 Å². The Balaban J connectivity index is 2.06. The van der Waals surface area contributed by atoms with E-state index in [1.165, 1.54) is 13.5 Å². The Morgan fingerprint density at radius 3 is 2.92 bits per heavy atom. The Labute approximate surface area is 73.6 Å². The monoisotopic (exact) mass is 174 g/mol. The van der Waals surface area contributed by atoms with Gasteiger partial charge in [0, 0.05) is 0 Å². The molecule has 0 radical (unpaired) electrons. The highest BCUT2D eigenvalue weighted by atomic mass is 17.2. The Kier molecular flexibility index (Phi) is 4.58. The molecule has 0 aromatic rings. The standard InChI is InChI=1S/C9H18O3/c1-11-12-6-5-8-3-2-4-9(10)7-8/h8-10H,2-7H2,1H3. The molecule has 0 aromatic carbocycles. The van der Waals surface area contributed by atoms with Crippen LogP contribution in [0.3, 0.4) is 0 Å². The second-order valence-electron chi connectivity index (χ2n) is 3.46. The van der Waals surface area contributed by atoms with Crippen molar-refractivity contribution < 1.29 is 14.9 Å². The van der Waals surface area contributed by atoms with E-state index >= 15 is 0 Å². The highest BCUT2D eigenvalue weighted by Crippen LogP contribution is 2.26. The summed E-state index contributed by atoms with van der Waals surface area (Å²) >= 11 is 0. The molecule has 3 heteroatoms. The lowest BCUT2D eigenvalue weighted by Gasteiger charge is -2.25. The van der Waals surface area contributed by atoms with Gasteiger partial charge in [-0.3, -0.25) is 0 Å². The third kappa shape index (κ3) is 3.52. The van der Waals surface area contributed by atoms with E-state index in [-0.39, 0.29) is 6.10 Å². The van der Waals surface area contributed by atoms with Crippen LogP contribution in [0.1, 0.15) is 32.1 Å². The summed E-state index contributed by atoms with van der Waals surface area (Å²) in [7, 11) is 1.52. The zero-order chi connectivity index (χ0) is 8.81. The van der Waals surface area contributed by atoms with Gasteiger partial charge in [0.2, 0.25) is 0 Å². The topological polar surface area (TPSA) is 38.7 Å². The molecule has 12 heavy (non-hydrogen) atoms. The minimum atomic E-state index is -0.0775. The normalized spacial score (nSPS) is 30.5. The van der Waals surface area contributed by atoms with Gasteiger partial charge in [0.1, 0.15) is 0 Å². The van der Waals surface area contributed by atoms with Gasteiger partial charge in [0.05, 0.1) is 19.8 Å². The summed E-state index contributed by atoms with van der Waals surface area (Å²) in [5.74, 6) is 0.629. The number of hydrogen-bond acceptors (Lipinski definition) is 3. The van der Waals surface area contributed by atoms with E-state index in [0.29, 0.717) is 12.5 Å². The van der Waals surface area contributed by atoms with E-state index in [0.717, 1.165) is 25.7 Å². The van der Waals surface area contributed by atoms with Crippen LogP contribution < -0.4 is 0 Å². The summed E-state index contributed by atoms with van der Waals surface area (Å²) < 4.78 is 0. The fourth-order valence-corrected chi connectivity index (χ4v) is 1.82. The van der Waals surface area contributed by atoms with Crippen molar-refractivity contribution in [3.05, 3.63) is 0 Å². The Morgan fingerprint density at radius 1 is 1.42 bits per heavy atom. The molecule has 0 saturated heterocycles. The minimum absolute atomic E-state index is 0.0775. The van der Waals surface area contributed by atoms with Crippen LogP contribution >= 0.6 is 0 Å². The molecule has 3 nitrogen and oxygen atoms in total. The van der Waals surface area contributed by atoms with Gasteiger partial charge in [0.25, 0.3) is 0 Å². The quantitative estimate of drug-likeness (QED) is 0.399. The van der Waals surface area contributed by atoms with Crippen molar-refractivity contribution >= 4 is 0 Å². The molecule has 1 saturated carbocycles. The molecule has 1 aliphatic rings. The molecule has 0 spiro atoms. The average Bonchev–Trinajstić information content (AvgIpc) is 2.05. The third-order valence-corrected chi connectivity index (χ3v) is 2.48. The lowest BCUT2D eigenvalue weighted by molar-refractivity contribution is -0.274. The number of hydrogen-bond donors (Lipinski definition) is 1. The fraction of sp³-hybridized carbons (Fsp3) is 1.00. The van der Waals surface area contributed by atoms with Gasteiger partial charge in [-0.2, -0.15) is 0 Å². The molecule has 0 aliphatic heterocycles. The van der Waals surface area contributed by atoms with Crippen LogP contribution in [0.5, 0.6) is 0 Å². The minimum Gasteiger partial charge on any atom is -0.393 e. The molecular formula is C9H18O3. The Bertz CT molecular complexity index is 116. The molecule has 0 amide bonds. The Morgan fingerprint density at radius 2 is 2.25 bits per heavy atom. The maximum absolute atomic E-state index is 9.36. The highest BCUT2D eigenvalue weighted by molar-refractivity contribution is 4.71. The fourth-order valence-electron chi connectivity index (χ4n) is 1.82. The molecule has 0 heterocycles. The van der Waals surface area contributed by atoms with Crippen LogP contribution in [0, 0.1) is 5.92 Å². The molecule has 1 N–H and O–H groups in total. The first-order chi connectivity index (χ1) is 5.83. The van der Waals surface area contributed by atoms with Crippen LogP contribution in [0.15, 0.2) is 0 Å². The van der Waals surface area contributed by atoms with Crippen molar-refractivity contribution in [2.24, 2.45) is 5.92 Å². The summed E-state index contributed by atoms with van der Waals surface area (Å²) in [6, 6.07) is 0. The van der Waals surface area contributed by atoms with Crippen molar-refractivity contribution in [2.45, 2.75) is 38.2 Å². The molecule has 1 rings (SSSR count). The van der Waals surface area contributed by atoms with E-state index < -0.39 is 0 Å². The van der Waals surface area contributed by atoms with Gasteiger partial charge < -0.3 is 5.11 Å². The van der Waals surface area contributed by atoms with Crippen molar-refractivity contribution in [2.75, 3.05) is 13.7 Å². The molecule has 2 unspecified atom stereocenters. The first-order valence-electron chi connectivity index (χ1n) is 4.66. The van der Waals surface area contributed by atoms with Crippen molar-refractivity contribution in [1.29, 1.82) is 0 Å². The lowest BCUT2D eigenvalue weighted by Crippen LogP contribution is -2.20. The van der Waals surface area contributed by atoms with Gasteiger partial charge in [-0.05, 0) is 25.2 Å². The van der Waals surface area contributed by atoms with Crippen LogP contribution in [0.25, 0.3) is 0 Å². The Hall–Kier alpha value is -0.120. The molecular weight excluding hydrogens is 156 g/mol. The van der Waals surface area contributed by atoms with Crippen LogP contribution in [0.2, 0.25) is 0 Å². The largest absolute Gasteiger partial charge is 0.393 e. The van der Waals surface area contributed by atoms with Crippen molar-refractivity contribution in [1.82, 2.24) is 0 Å². The zero-order valence-corrected chi connectivity index (χ0v) is 7.66. The SMILES string of the molecule is COOCCC1CCCC(O)C1. The lowest BCUT2D eigenvalue weighted by atomic mass is 9.85. The first-order valence-corrected chi connectivity index (χ1v) is 4.66. The van der Waals surface area contributed by atoms with Gasteiger partial charge in [-0.15, -0.1) is 0 Å². The van der Waals surface area contributed by atoms with E-state index in [1.54, 1.807) is 0 Å². The van der Waals surface area contributed by atoms with E-state index in [4.69, 9.17) is 4.89 Å². The van der Waals surface area contributed by atoms with Crippen LogP contribution in [0.4, 0.5) is 0 Å².